The number of anilines is 2. The number of carbonyl (C=O) groups excluding carboxylic acids is 3. The molecular formula is C30H26N2O4S. The number of hydrogen-bond acceptors (Lipinski definition) is 5. The van der Waals surface area contributed by atoms with Crippen LogP contribution in [0.3, 0.4) is 0 Å². The lowest BCUT2D eigenvalue weighted by Crippen LogP contribution is -2.20. The molecule has 37 heavy (non-hydrogen) atoms. The van der Waals surface area contributed by atoms with Gasteiger partial charge in [0.05, 0.1) is 18.4 Å². The monoisotopic (exact) mass is 510 g/mol. The van der Waals surface area contributed by atoms with Crippen molar-refractivity contribution in [2.24, 2.45) is 0 Å². The Balaban J connectivity index is 1.52. The molecule has 0 aliphatic carbocycles. The highest BCUT2D eigenvalue weighted by Crippen LogP contribution is 2.37. The molecule has 0 aliphatic rings. The standard InChI is InChI=1S/C30H26N2O4S/c1-20-9-8-12-22(19-20)28(33)31-23-15-17-24(18-16-23)37-27(21-10-4-3-5-11-21)29(34)32-26-14-7-6-13-25(26)30(35)36-2/h3-19,27H,1-2H3,(H,31,33)(H,32,34). The molecule has 2 N–H and O–H groups in total. The number of esters is 1. The molecule has 4 aromatic rings. The van der Waals surface area contributed by atoms with Gasteiger partial charge >= 0.3 is 5.97 Å². The first-order valence-electron chi connectivity index (χ1n) is 11.6. The fraction of sp³-hybridized carbons (Fsp3) is 0.100. The average Bonchev–Trinajstić information content (AvgIpc) is 2.93. The first-order valence-corrected chi connectivity index (χ1v) is 12.5. The third kappa shape index (κ3) is 6.65. The van der Waals surface area contributed by atoms with E-state index in [0.717, 1.165) is 16.0 Å². The molecule has 6 nitrogen and oxygen atoms in total. The number of benzene rings is 4. The molecule has 0 spiro atoms. The lowest BCUT2D eigenvalue weighted by molar-refractivity contribution is -0.115. The van der Waals surface area contributed by atoms with Gasteiger partial charge in [0.25, 0.3) is 5.91 Å². The largest absolute Gasteiger partial charge is 0.465 e. The van der Waals surface area contributed by atoms with Gasteiger partial charge in [0.2, 0.25) is 5.91 Å². The van der Waals surface area contributed by atoms with E-state index < -0.39 is 11.2 Å². The summed E-state index contributed by atoms with van der Waals surface area (Å²) in [5.41, 5.74) is 3.74. The summed E-state index contributed by atoms with van der Waals surface area (Å²) < 4.78 is 4.85. The summed E-state index contributed by atoms with van der Waals surface area (Å²) in [6.07, 6.45) is 0. The summed E-state index contributed by atoms with van der Waals surface area (Å²) in [5, 5.41) is 5.21. The highest BCUT2D eigenvalue weighted by atomic mass is 32.2. The predicted octanol–water partition coefficient (Wildman–Crippen LogP) is 6.51. The van der Waals surface area contributed by atoms with Crippen molar-refractivity contribution >= 4 is 40.9 Å². The highest BCUT2D eigenvalue weighted by molar-refractivity contribution is 8.00. The van der Waals surface area contributed by atoms with Gasteiger partial charge in [0, 0.05) is 16.1 Å². The third-order valence-electron chi connectivity index (χ3n) is 5.58. The molecule has 0 heterocycles. The van der Waals surface area contributed by atoms with Gasteiger partial charge in [-0.2, -0.15) is 0 Å². The minimum absolute atomic E-state index is 0.185. The van der Waals surface area contributed by atoms with Crippen molar-refractivity contribution in [3.8, 4) is 0 Å². The van der Waals surface area contributed by atoms with Crippen LogP contribution in [0.1, 0.15) is 37.1 Å². The van der Waals surface area contributed by atoms with E-state index in [-0.39, 0.29) is 17.4 Å². The van der Waals surface area contributed by atoms with Crippen LogP contribution in [0.15, 0.2) is 108 Å². The van der Waals surface area contributed by atoms with Crippen LogP contribution in [0.25, 0.3) is 0 Å². The van der Waals surface area contributed by atoms with Crippen molar-refractivity contribution in [2.45, 2.75) is 17.1 Å². The van der Waals surface area contributed by atoms with Crippen LogP contribution in [0, 0.1) is 6.92 Å². The van der Waals surface area contributed by atoms with Gasteiger partial charge in [-0.15, -0.1) is 11.8 Å². The number of amides is 2. The SMILES string of the molecule is COC(=O)c1ccccc1NC(=O)C(Sc1ccc(NC(=O)c2cccc(C)c2)cc1)c1ccccc1. The van der Waals surface area contributed by atoms with Crippen LogP contribution in [-0.2, 0) is 9.53 Å². The molecular weight excluding hydrogens is 484 g/mol. The van der Waals surface area contributed by atoms with Crippen LogP contribution < -0.4 is 10.6 Å². The molecule has 1 unspecified atom stereocenters. The molecule has 0 radical (unpaired) electrons. The van der Waals surface area contributed by atoms with Crippen LogP contribution in [0.2, 0.25) is 0 Å². The quantitative estimate of drug-likeness (QED) is 0.209. The minimum Gasteiger partial charge on any atom is -0.465 e. The maximum Gasteiger partial charge on any atom is 0.339 e. The molecule has 186 valence electrons. The van der Waals surface area contributed by atoms with E-state index in [1.54, 1.807) is 30.3 Å². The van der Waals surface area contributed by atoms with Crippen molar-refractivity contribution in [1.29, 1.82) is 0 Å². The Morgan fingerprint density at radius 3 is 2.19 bits per heavy atom. The van der Waals surface area contributed by atoms with E-state index in [1.165, 1.54) is 18.9 Å². The van der Waals surface area contributed by atoms with Crippen molar-refractivity contribution in [1.82, 2.24) is 0 Å². The Kier molecular flexibility index (Phi) is 8.38. The van der Waals surface area contributed by atoms with Gasteiger partial charge in [0.15, 0.2) is 0 Å². The molecule has 0 aromatic heterocycles. The highest BCUT2D eigenvalue weighted by Gasteiger charge is 2.24. The van der Waals surface area contributed by atoms with Gasteiger partial charge in [-0.3, -0.25) is 9.59 Å². The second kappa shape index (κ2) is 12.1. The first-order chi connectivity index (χ1) is 17.9. The Bertz CT molecular complexity index is 1400. The summed E-state index contributed by atoms with van der Waals surface area (Å²) in [6, 6.07) is 30.9. The molecule has 4 rings (SSSR count). The molecule has 7 heteroatoms. The van der Waals surface area contributed by atoms with Gasteiger partial charge in [-0.1, -0.05) is 60.2 Å². The third-order valence-corrected chi connectivity index (χ3v) is 6.84. The Morgan fingerprint density at radius 1 is 0.784 bits per heavy atom. The lowest BCUT2D eigenvalue weighted by Gasteiger charge is -2.18. The molecule has 0 fully saturated rings. The van der Waals surface area contributed by atoms with E-state index in [0.29, 0.717) is 16.9 Å². The molecule has 0 saturated carbocycles. The van der Waals surface area contributed by atoms with Crippen LogP contribution in [0.4, 0.5) is 11.4 Å². The lowest BCUT2D eigenvalue weighted by atomic mass is 10.1. The van der Waals surface area contributed by atoms with Gasteiger partial charge in [-0.25, -0.2) is 4.79 Å². The normalized spacial score (nSPS) is 11.3. The van der Waals surface area contributed by atoms with E-state index in [1.807, 2.05) is 79.7 Å². The predicted molar refractivity (Wildman–Crippen MR) is 147 cm³/mol. The van der Waals surface area contributed by atoms with Crippen LogP contribution in [-0.4, -0.2) is 24.9 Å². The number of nitrogens with one attached hydrogen (secondary N) is 2. The maximum atomic E-state index is 13.4. The number of methoxy groups -OCH3 is 1. The number of rotatable bonds is 8. The summed E-state index contributed by atoms with van der Waals surface area (Å²) in [6.45, 7) is 1.94. The van der Waals surface area contributed by atoms with Gasteiger partial charge in [-0.05, 0) is 61.0 Å². The molecule has 0 aliphatic heterocycles. The summed E-state index contributed by atoms with van der Waals surface area (Å²) >= 11 is 1.37. The van der Waals surface area contributed by atoms with Crippen molar-refractivity contribution in [3.05, 3.63) is 125 Å². The molecule has 4 aromatic carbocycles. The Hall–Kier alpha value is -4.36. The summed E-state index contributed by atoms with van der Waals surface area (Å²) in [4.78, 5) is 39.0. The molecule has 0 saturated heterocycles. The average molecular weight is 511 g/mol. The van der Waals surface area contributed by atoms with E-state index in [4.69, 9.17) is 4.74 Å². The zero-order valence-corrected chi connectivity index (χ0v) is 21.3. The number of aryl methyl sites for hydroxylation is 1. The number of hydrogen-bond donors (Lipinski definition) is 2. The van der Waals surface area contributed by atoms with E-state index in [9.17, 15) is 14.4 Å². The Labute approximate surface area is 220 Å². The molecule has 0 bridgehead atoms. The van der Waals surface area contributed by atoms with Crippen LogP contribution in [0.5, 0.6) is 0 Å². The fourth-order valence-corrected chi connectivity index (χ4v) is 4.75. The first kappa shape index (κ1) is 25.7. The summed E-state index contributed by atoms with van der Waals surface area (Å²) in [5.74, 6) is -0.984. The zero-order chi connectivity index (χ0) is 26.2. The maximum absolute atomic E-state index is 13.4. The van der Waals surface area contributed by atoms with E-state index in [2.05, 4.69) is 10.6 Å². The van der Waals surface area contributed by atoms with Gasteiger partial charge in [0.1, 0.15) is 5.25 Å². The van der Waals surface area contributed by atoms with Gasteiger partial charge < -0.3 is 15.4 Å². The van der Waals surface area contributed by atoms with Crippen molar-refractivity contribution < 1.29 is 19.1 Å². The molecule has 2 amide bonds. The second-order valence-electron chi connectivity index (χ2n) is 8.28. The fourth-order valence-electron chi connectivity index (χ4n) is 3.72. The zero-order valence-electron chi connectivity index (χ0n) is 20.4. The number of para-hydroxylation sites is 1. The summed E-state index contributed by atoms with van der Waals surface area (Å²) in [7, 11) is 1.30. The second-order valence-corrected chi connectivity index (χ2v) is 9.46. The van der Waals surface area contributed by atoms with E-state index >= 15 is 0 Å². The minimum atomic E-state index is -0.584. The number of thioether (sulfide) groups is 1. The number of carbonyl (C=O) groups is 3. The number of ether oxygens (including phenoxy) is 1. The topological polar surface area (TPSA) is 84.5 Å². The van der Waals surface area contributed by atoms with Crippen LogP contribution >= 0.6 is 11.8 Å². The van der Waals surface area contributed by atoms with Crippen molar-refractivity contribution in [2.75, 3.05) is 17.7 Å². The molecule has 1 atom stereocenters. The Morgan fingerprint density at radius 2 is 1.49 bits per heavy atom. The smallest absolute Gasteiger partial charge is 0.339 e. The van der Waals surface area contributed by atoms with Crippen molar-refractivity contribution in [3.63, 3.8) is 0 Å².